The minimum absolute atomic E-state index is 0.0814. The van der Waals surface area contributed by atoms with Gasteiger partial charge in [-0.05, 0) is 38.2 Å². The van der Waals surface area contributed by atoms with Gasteiger partial charge >= 0.3 is 6.03 Å². The van der Waals surface area contributed by atoms with E-state index in [2.05, 4.69) is 28.9 Å². The summed E-state index contributed by atoms with van der Waals surface area (Å²) in [6, 6.07) is 7.41. The zero-order valence-corrected chi connectivity index (χ0v) is 18.3. The van der Waals surface area contributed by atoms with E-state index in [0.717, 1.165) is 18.4 Å². The number of hydrogen-bond acceptors (Lipinski definition) is 4. The lowest BCUT2D eigenvalue weighted by molar-refractivity contribution is 0.225. The summed E-state index contributed by atoms with van der Waals surface area (Å²) in [7, 11) is -3.70. The molecule has 0 spiro atoms. The topological polar surface area (TPSA) is 90.9 Å². The van der Waals surface area contributed by atoms with Gasteiger partial charge in [0.1, 0.15) is 10.7 Å². The first-order chi connectivity index (χ1) is 13.7. The number of hydrogen-bond donors (Lipinski definition) is 2. The summed E-state index contributed by atoms with van der Waals surface area (Å²) in [6.07, 6.45) is 1.50. The van der Waals surface area contributed by atoms with Crippen LogP contribution in [0.3, 0.4) is 0 Å². The first-order valence-electron chi connectivity index (χ1n) is 10.1. The predicted octanol–water partition coefficient (Wildman–Crippen LogP) is 2.89. The molecule has 0 aromatic heterocycles. The Bertz CT molecular complexity index is 925. The molecule has 1 fully saturated rings. The molecular formula is C21H30N4O3S. The first-order valence-corrected chi connectivity index (χ1v) is 11.5. The van der Waals surface area contributed by atoms with Crippen molar-refractivity contribution in [3.63, 3.8) is 0 Å². The first kappa shape index (κ1) is 21.4. The Morgan fingerprint density at radius 2 is 1.79 bits per heavy atom. The molecule has 0 aliphatic carbocycles. The molecule has 0 atom stereocenters. The molecule has 2 amide bonds. The molecule has 2 aliphatic rings. The highest BCUT2D eigenvalue weighted by atomic mass is 32.2. The third-order valence-electron chi connectivity index (χ3n) is 5.25. The Morgan fingerprint density at radius 1 is 1.17 bits per heavy atom. The Labute approximate surface area is 173 Å². The number of carbonyl (C=O) groups is 1. The van der Waals surface area contributed by atoms with Crippen molar-refractivity contribution in [3.05, 3.63) is 41.0 Å². The number of benzene rings is 1. The monoisotopic (exact) mass is 418 g/mol. The second-order valence-electron chi connectivity index (χ2n) is 8.22. The van der Waals surface area contributed by atoms with Gasteiger partial charge in [0.05, 0.1) is 0 Å². The van der Waals surface area contributed by atoms with Crippen LogP contribution in [0, 0.1) is 12.8 Å². The van der Waals surface area contributed by atoms with Gasteiger partial charge in [0.25, 0.3) is 10.0 Å². The summed E-state index contributed by atoms with van der Waals surface area (Å²) in [5, 5.41) is 5.87. The molecule has 3 rings (SSSR count). The van der Waals surface area contributed by atoms with Crippen molar-refractivity contribution in [2.75, 3.05) is 19.6 Å². The maximum Gasteiger partial charge on any atom is 0.315 e. The molecule has 2 heterocycles. The van der Waals surface area contributed by atoms with E-state index in [1.165, 1.54) is 0 Å². The van der Waals surface area contributed by atoms with Crippen LogP contribution >= 0.6 is 0 Å². The molecule has 1 saturated heterocycles. The molecular weight excluding hydrogens is 388 g/mol. The summed E-state index contributed by atoms with van der Waals surface area (Å²) in [5.41, 5.74) is 2.44. The molecule has 1 aromatic rings. The number of sulfonamides is 1. The fourth-order valence-electron chi connectivity index (χ4n) is 3.66. The second-order valence-corrected chi connectivity index (χ2v) is 9.76. The summed E-state index contributed by atoms with van der Waals surface area (Å²) < 4.78 is 29.5. The van der Waals surface area contributed by atoms with E-state index in [0.29, 0.717) is 47.4 Å². The Balaban J connectivity index is 1.66. The van der Waals surface area contributed by atoms with E-state index < -0.39 is 10.0 Å². The summed E-state index contributed by atoms with van der Waals surface area (Å²) in [4.78, 5) is 14.3. The lowest BCUT2D eigenvalue weighted by atomic mass is 10.0. The van der Waals surface area contributed by atoms with Crippen molar-refractivity contribution in [1.29, 1.82) is 0 Å². The number of amidine groups is 1. The molecule has 1 aromatic carbocycles. The highest BCUT2D eigenvalue weighted by molar-refractivity contribution is 8.00. The number of amides is 2. The highest BCUT2D eigenvalue weighted by Crippen LogP contribution is 2.34. The Hall–Kier alpha value is -2.35. The van der Waals surface area contributed by atoms with Gasteiger partial charge in [0.15, 0.2) is 0 Å². The summed E-state index contributed by atoms with van der Waals surface area (Å²) >= 11 is 0. The van der Waals surface area contributed by atoms with Crippen molar-refractivity contribution in [2.45, 2.75) is 46.6 Å². The van der Waals surface area contributed by atoms with Crippen LogP contribution in [0.1, 0.15) is 44.7 Å². The van der Waals surface area contributed by atoms with Crippen LogP contribution in [0.2, 0.25) is 0 Å². The molecule has 8 heteroatoms. The molecule has 0 unspecified atom stereocenters. The lowest BCUT2D eigenvalue weighted by Crippen LogP contribution is -2.49. The van der Waals surface area contributed by atoms with Crippen molar-refractivity contribution in [3.8, 4) is 0 Å². The minimum Gasteiger partial charge on any atom is -0.356 e. The summed E-state index contributed by atoms with van der Waals surface area (Å²) in [5.74, 6) is 0.936. The van der Waals surface area contributed by atoms with Crippen LogP contribution in [-0.2, 0) is 10.0 Å². The Kier molecular flexibility index (Phi) is 6.31. The highest BCUT2D eigenvalue weighted by Gasteiger charge is 2.34. The van der Waals surface area contributed by atoms with Crippen LogP contribution in [0.15, 0.2) is 34.2 Å². The number of urea groups is 1. The van der Waals surface area contributed by atoms with Gasteiger partial charge in [-0.2, -0.15) is 8.42 Å². The smallest absolute Gasteiger partial charge is 0.315 e. The standard InChI is InChI=1S/C21H30N4O3S/c1-14(2)13-22-21(26)23-18-9-11-25(12-10-18)20-16(4)19(29(27,28)24-20)17-7-5-15(3)6-8-17/h5-8,14,18H,9-13H2,1-4H3,(H2,22,23,26). The van der Waals surface area contributed by atoms with E-state index in [9.17, 15) is 13.2 Å². The van der Waals surface area contributed by atoms with Crippen LogP contribution in [-0.4, -0.2) is 50.9 Å². The molecule has 29 heavy (non-hydrogen) atoms. The van der Waals surface area contributed by atoms with Gasteiger partial charge in [-0.15, -0.1) is 4.40 Å². The van der Waals surface area contributed by atoms with Crippen LogP contribution in [0.25, 0.3) is 4.91 Å². The number of rotatable bonds is 4. The van der Waals surface area contributed by atoms with Crippen molar-refractivity contribution < 1.29 is 13.2 Å². The van der Waals surface area contributed by atoms with Gasteiger partial charge in [0, 0.05) is 31.2 Å². The van der Waals surface area contributed by atoms with Gasteiger partial charge in [-0.25, -0.2) is 4.79 Å². The number of likely N-dealkylation sites (tertiary alicyclic amines) is 1. The quantitative estimate of drug-likeness (QED) is 0.787. The second kappa shape index (κ2) is 8.57. The molecule has 0 bridgehead atoms. The lowest BCUT2D eigenvalue weighted by Gasteiger charge is -2.33. The van der Waals surface area contributed by atoms with Gasteiger partial charge in [-0.3, -0.25) is 0 Å². The number of aryl methyl sites for hydroxylation is 1. The SMILES string of the molecule is CC1=C(c2ccc(C)cc2)S(=O)(=O)N=C1N1CCC(NC(=O)NCC(C)C)CC1. The third kappa shape index (κ3) is 4.98. The minimum atomic E-state index is -3.70. The van der Waals surface area contributed by atoms with Gasteiger partial charge in [0.2, 0.25) is 0 Å². The van der Waals surface area contributed by atoms with Crippen LogP contribution in [0.4, 0.5) is 4.79 Å². The molecule has 7 nitrogen and oxygen atoms in total. The maximum absolute atomic E-state index is 12.7. The predicted molar refractivity (Wildman–Crippen MR) is 116 cm³/mol. The fraction of sp³-hybridized carbons (Fsp3) is 0.524. The van der Waals surface area contributed by atoms with Gasteiger partial charge in [-0.1, -0.05) is 43.7 Å². The van der Waals surface area contributed by atoms with E-state index in [-0.39, 0.29) is 12.1 Å². The van der Waals surface area contributed by atoms with Crippen molar-refractivity contribution >= 4 is 26.8 Å². The molecule has 158 valence electrons. The average molecular weight is 419 g/mol. The van der Waals surface area contributed by atoms with Crippen molar-refractivity contribution in [2.24, 2.45) is 10.3 Å². The summed E-state index contributed by atoms with van der Waals surface area (Å²) in [6.45, 7) is 9.85. The van der Waals surface area contributed by atoms with Crippen LogP contribution < -0.4 is 10.6 Å². The van der Waals surface area contributed by atoms with Crippen molar-refractivity contribution in [1.82, 2.24) is 15.5 Å². The molecule has 0 radical (unpaired) electrons. The number of nitrogens with one attached hydrogen (secondary N) is 2. The van der Waals surface area contributed by atoms with E-state index >= 15 is 0 Å². The normalized spacial score (nSPS) is 19.5. The largest absolute Gasteiger partial charge is 0.356 e. The van der Waals surface area contributed by atoms with Gasteiger partial charge < -0.3 is 15.5 Å². The zero-order valence-electron chi connectivity index (χ0n) is 17.5. The Morgan fingerprint density at radius 3 is 2.38 bits per heavy atom. The number of nitrogens with zero attached hydrogens (tertiary/aromatic N) is 2. The van der Waals surface area contributed by atoms with E-state index in [1.807, 2.05) is 43.0 Å². The fourth-order valence-corrected chi connectivity index (χ4v) is 5.14. The molecule has 0 saturated carbocycles. The number of carbonyl (C=O) groups excluding carboxylic acids is 1. The van der Waals surface area contributed by atoms with E-state index in [1.54, 1.807) is 0 Å². The molecule has 2 aliphatic heterocycles. The zero-order chi connectivity index (χ0) is 21.2. The molecule has 2 N–H and O–H groups in total. The van der Waals surface area contributed by atoms with E-state index in [4.69, 9.17) is 0 Å². The van der Waals surface area contributed by atoms with Crippen LogP contribution in [0.5, 0.6) is 0 Å². The third-order valence-corrected chi connectivity index (χ3v) is 6.73. The maximum atomic E-state index is 12.7. The number of piperidine rings is 1. The average Bonchev–Trinajstić information content (AvgIpc) is 2.91.